The molecule has 3 N–H and O–H groups in total. The van der Waals surface area contributed by atoms with Gasteiger partial charge in [0.2, 0.25) is 0 Å². The Morgan fingerprint density at radius 3 is 2.32 bits per heavy atom. The fourth-order valence-corrected chi connectivity index (χ4v) is 7.47. The Balaban J connectivity index is 1.72. The van der Waals surface area contributed by atoms with Gasteiger partial charge in [0.25, 0.3) is 5.78 Å². The number of hydrogen-bond donors (Lipinski definition) is 3. The first-order valence-corrected chi connectivity index (χ1v) is 11.7. The summed E-state index contributed by atoms with van der Waals surface area (Å²) in [5.74, 6) is -7.28. The maximum absolute atomic E-state index is 13.5. The fourth-order valence-electron chi connectivity index (χ4n) is 7.47. The Kier molecular flexibility index (Phi) is 5.70. The molecule has 4 rings (SSSR count). The van der Waals surface area contributed by atoms with Gasteiger partial charge >= 0.3 is 17.9 Å². The molecule has 3 saturated carbocycles. The van der Waals surface area contributed by atoms with Gasteiger partial charge in [-0.15, -0.1) is 0 Å². The lowest BCUT2D eigenvalue weighted by molar-refractivity contribution is -0.313. The molecule has 0 saturated heterocycles. The molecule has 4 aliphatic rings. The minimum atomic E-state index is -3.27. The SMILES string of the molecule is CC(=O)OC(O)(OC(C)=O)C(=O)[C@@]1(O)CC[C@H]2[C@@H]3CCC4=CC(=O)C=C[C@]4(C)[C@H]3[C@@H](O)C[C@@]21C. The smallest absolute Gasteiger partial charge is 0.393 e. The Morgan fingerprint density at radius 2 is 1.74 bits per heavy atom. The van der Waals surface area contributed by atoms with E-state index in [2.05, 4.69) is 0 Å². The second-order valence-corrected chi connectivity index (χ2v) is 10.7. The summed E-state index contributed by atoms with van der Waals surface area (Å²) < 4.78 is 9.39. The molecule has 186 valence electrons. The van der Waals surface area contributed by atoms with E-state index in [9.17, 15) is 34.5 Å². The number of ketones is 2. The van der Waals surface area contributed by atoms with Gasteiger partial charge in [0.1, 0.15) is 5.60 Å². The van der Waals surface area contributed by atoms with Gasteiger partial charge in [-0.3, -0.25) is 19.2 Å². The van der Waals surface area contributed by atoms with Gasteiger partial charge in [-0.25, -0.2) is 0 Å². The van der Waals surface area contributed by atoms with Crippen molar-refractivity contribution in [3.63, 3.8) is 0 Å². The summed E-state index contributed by atoms with van der Waals surface area (Å²) in [5, 5.41) is 33.9. The molecule has 0 aliphatic heterocycles. The molecule has 3 fully saturated rings. The summed E-state index contributed by atoms with van der Waals surface area (Å²) in [6.45, 7) is 5.58. The van der Waals surface area contributed by atoms with Crippen LogP contribution in [0, 0.1) is 28.6 Å². The molecule has 0 radical (unpaired) electrons. The monoisotopic (exact) mass is 476 g/mol. The lowest BCUT2D eigenvalue weighted by Crippen LogP contribution is -2.66. The number of rotatable bonds is 4. The van der Waals surface area contributed by atoms with Crippen LogP contribution in [0.5, 0.6) is 0 Å². The second-order valence-electron chi connectivity index (χ2n) is 10.7. The highest BCUT2D eigenvalue weighted by Crippen LogP contribution is 2.67. The van der Waals surface area contributed by atoms with E-state index in [0.717, 1.165) is 19.4 Å². The van der Waals surface area contributed by atoms with Crippen molar-refractivity contribution in [3.05, 3.63) is 23.8 Å². The molecule has 34 heavy (non-hydrogen) atoms. The van der Waals surface area contributed by atoms with Crippen molar-refractivity contribution in [1.29, 1.82) is 0 Å². The number of esters is 2. The van der Waals surface area contributed by atoms with Crippen molar-refractivity contribution in [2.24, 2.45) is 28.6 Å². The standard InChI is InChI=1S/C25H32O9/c1-13(26)33-25(32,34-14(2)27)21(30)24(31)10-8-18-17-6-5-15-11-16(28)7-9-22(15,3)20(17)19(29)12-23(18,24)4/h7,9,11,17-20,29,31-32H,5-6,8,10,12H2,1-4H3/t17-,18-,19-,20+,22-,23-,24-/m0/s1. The highest BCUT2D eigenvalue weighted by Gasteiger charge is 2.71. The van der Waals surface area contributed by atoms with E-state index < -0.39 is 46.2 Å². The van der Waals surface area contributed by atoms with Crippen molar-refractivity contribution in [1.82, 2.24) is 0 Å². The molecule has 9 heteroatoms. The largest absolute Gasteiger partial charge is 0.441 e. The third-order valence-electron chi connectivity index (χ3n) is 8.87. The lowest BCUT2D eigenvalue weighted by atomic mass is 9.46. The van der Waals surface area contributed by atoms with Crippen molar-refractivity contribution < 1.29 is 44.0 Å². The average Bonchev–Trinajstić information content (AvgIpc) is 2.97. The number of carbonyl (C=O) groups excluding carboxylic acids is 4. The minimum absolute atomic E-state index is 0.0436. The summed E-state index contributed by atoms with van der Waals surface area (Å²) in [4.78, 5) is 48.6. The normalized spacial score (nSPS) is 41.0. The molecule has 0 aromatic carbocycles. The van der Waals surface area contributed by atoms with Crippen LogP contribution in [0.15, 0.2) is 23.8 Å². The first kappa shape index (κ1) is 24.8. The van der Waals surface area contributed by atoms with Crippen LogP contribution in [-0.4, -0.2) is 56.5 Å². The number of ether oxygens (including phenoxy) is 2. The van der Waals surface area contributed by atoms with E-state index >= 15 is 0 Å². The molecular weight excluding hydrogens is 444 g/mol. The second kappa shape index (κ2) is 7.83. The summed E-state index contributed by atoms with van der Waals surface area (Å²) >= 11 is 0. The van der Waals surface area contributed by atoms with Gasteiger partial charge in [0.05, 0.1) is 6.10 Å². The van der Waals surface area contributed by atoms with Crippen molar-refractivity contribution >= 4 is 23.5 Å². The summed E-state index contributed by atoms with van der Waals surface area (Å²) in [5.41, 5.74) is -2.92. The van der Waals surface area contributed by atoms with Crippen LogP contribution in [0.2, 0.25) is 0 Å². The number of carbonyl (C=O) groups is 4. The maximum atomic E-state index is 13.5. The molecule has 7 atom stereocenters. The summed E-state index contributed by atoms with van der Waals surface area (Å²) in [6.07, 6.45) is 5.87. The van der Waals surface area contributed by atoms with E-state index in [4.69, 9.17) is 9.47 Å². The zero-order chi connectivity index (χ0) is 25.3. The molecule has 0 spiro atoms. The number of aliphatic hydroxyl groups is 3. The molecule has 0 heterocycles. The van der Waals surface area contributed by atoms with Gasteiger partial charge in [0, 0.05) is 30.6 Å². The third-order valence-corrected chi connectivity index (χ3v) is 8.87. The Bertz CT molecular complexity index is 996. The van der Waals surface area contributed by atoms with E-state index in [1.165, 1.54) is 6.08 Å². The molecule has 0 aromatic rings. The summed E-state index contributed by atoms with van der Waals surface area (Å²) in [7, 11) is 0. The Labute approximate surface area is 197 Å². The van der Waals surface area contributed by atoms with Crippen LogP contribution < -0.4 is 0 Å². The van der Waals surface area contributed by atoms with Crippen molar-refractivity contribution in [2.45, 2.75) is 77.5 Å². The van der Waals surface area contributed by atoms with Crippen molar-refractivity contribution in [3.8, 4) is 0 Å². The van der Waals surface area contributed by atoms with Crippen molar-refractivity contribution in [2.75, 3.05) is 0 Å². The quantitative estimate of drug-likeness (QED) is 0.404. The van der Waals surface area contributed by atoms with Crippen LogP contribution in [0.3, 0.4) is 0 Å². The predicted octanol–water partition coefficient (Wildman–Crippen LogP) is 1.34. The molecule has 0 amide bonds. The third kappa shape index (κ3) is 3.39. The zero-order valence-electron chi connectivity index (χ0n) is 19.9. The number of aliphatic hydroxyl groups excluding tert-OH is 1. The number of fused-ring (bicyclic) bond motifs is 5. The lowest BCUT2D eigenvalue weighted by Gasteiger charge is -2.59. The van der Waals surface area contributed by atoms with Crippen LogP contribution in [0.1, 0.15) is 59.8 Å². The first-order valence-electron chi connectivity index (χ1n) is 11.7. The highest BCUT2D eigenvalue weighted by atomic mass is 16.8. The maximum Gasteiger partial charge on any atom is 0.441 e. The highest BCUT2D eigenvalue weighted by molar-refractivity contribution is 6.01. The van der Waals surface area contributed by atoms with E-state index in [0.29, 0.717) is 19.3 Å². The van der Waals surface area contributed by atoms with Crippen LogP contribution >= 0.6 is 0 Å². The predicted molar refractivity (Wildman–Crippen MR) is 116 cm³/mol. The first-order chi connectivity index (χ1) is 15.7. The van der Waals surface area contributed by atoms with E-state index in [1.807, 2.05) is 13.0 Å². The van der Waals surface area contributed by atoms with Gasteiger partial charge in [0.15, 0.2) is 5.78 Å². The molecule has 4 aliphatic carbocycles. The van der Waals surface area contributed by atoms with Gasteiger partial charge in [-0.2, -0.15) is 0 Å². The van der Waals surface area contributed by atoms with Gasteiger partial charge < -0.3 is 24.8 Å². The topological polar surface area (TPSA) is 147 Å². The molecule has 0 unspecified atom stereocenters. The number of Topliss-reactive ketones (excluding diaryl/α,β-unsaturated/α-hetero) is 1. The molecule has 9 nitrogen and oxygen atoms in total. The zero-order valence-corrected chi connectivity index (χ0v) is 19.9. The Morgan fingerprint density at radius 1 is 1.12 bits per heavy atom. The average molecular weight is 477 g/mol. The minimum Gasteiger partial charge on any atom is -0.393 e. The fraction of sp³-hybridized carbons (Fsp3) is 0.680. The Hall–Kier alpha value is -2.36. The van der Waals surface area contributed by atoms with Crippen LogP contribution in [-0.2, 0) is 28.7 Å². The van der Waals surface area contributed by atoms with Gasteiger partial charge in [-0.05, 0) is 56.1 Å². The number of hydrogen-bond acceptors (Lipinski definition) is 9. The van der Waals surface area contributed by atoms with E-state index in [-0.39, 0.29) is 36.4 Å². The summed E-state index contributed by atoms with van der Waals surface area (Å²) in [6, 6.07) is 0. The molecule has 0 bridgehead atoms. The van der Waals surface area contributed by atoms with E-state index in [1.54, 1.807) is 13.0 Å². The molecule has 0 aromatic heterocycles. The van der Waals surface area contributed by atoms with Gasteiger partial charge in [-0.1, -0.05) is 25.5 Å². The number of allylic oxidation sites excluding steroid dienone is 4. The van der Waals surface area contributed by atoms with Crippen LogP contribution in [0.4, 0.5) is 0 Å². The van der Waals surface area contributed by atoms with Crippen LogP contribution in [0.25, 0.3) is 0 Å². The molecular formula is C25H32O9.